The van der Waals surface area contributed by atoms with Gasteiger partial charge in [0.1, 0.15) is 22.6 Å². The average molecular weight is 503 g/mol. The van der Waals surface area contributed by atoms with Crippen LogP contribution in [0.4, 0.5) is 0 Å². The molecule has 0 N–H and O–H groups in total. The summed E-state index contributed by atoms with van der Waals surface area (Å²) < 4.78 is 14.0. The van der Waals surface area contributed by atoms with Crippen molar-refractivity contribution < 1.29 is 19.1 Å². The molecule has 37 heavy (non-hydrogen) atoms. The Morgan fingerprint density at radius 1 is 1.03 bits per heavy atom. The van der Waals surface area contributed by atoms with Crippen molar-refractivity contribution in [3.05, 3.63) is 81.2 Å². The molecule has 0 spiro atoms. The fraction of sp³-hybridized carbons (Fsp3) is 0.321. The summed E-state index contributed by atoms with van der Waals surface area (Å²) in [7, 11) is 0. The first-order chi connectivity index (χ1) is 17.8. The predicted molar refractivity (Wildman–Crippen MR) is 140 cm³/mol. The molecule has 3 aromatic heterocycles. The van der Waals surface area contributed by atoms with Gasteiger partial charge >= 0.3 is 5.97 Å². The summed E-state index contributed by atoms with van der Waals surface area (Å²) in [4.78, 5) is 49.3. The number of nitrogens with zero attached hydrogens (tertiary/aromatic N) is 4. The van der Waals surface area contributed by atoms with Crippen LogP contribution in [-0.2, 0) is 11.3 Å². The van der Waals surface area contributed by atoms with E-state index in [0.29, 0.717) is 30.2 Å². The van der Waals surface area contributed by atoms with Gasteiger partial charge in [-0.25, -0.2) is 9.78 Å². The summed E-state index contributed by atoms with van der Waals surface area (Å²) in [5, 5.41) is 0.230. The van der Waals surface area contributed by atoms with Crippen molar-refractivity contribution >= 4 is 28.6 Å². The highest BCUT2D eigenvalue weighted by molar-refractivity contribution is 5.99. The van der Waals surface area contributed by atoms with E-state index in [2.05, 4.69) is 4.99 Å². The van der Waals surface area contributed by atoms with Gasteiger partial charge in [-0.15, -0.1) is 0 Å². The third-order valence-corrected chi connectivity index (χ3v) is 5.77. The summed E-state index contributed by atoms with van der Waals surface area (Å²) in [5.41, 5.74) is 1.67. The molecule has 0 saturated heterocycles. The Bertz CT molecular complexity index is 1630. The highest BCUT2D eigenvalue weighted by Gasteiger charge is 2.22. The first kappa shape index (κ1) is 25.8. The van der Waals surface area contributed by atoms with E-state index in [1.807, 2.05) is 33.8 Å². The van der Waals surface area contributed by atoms with Crippen LogP contribution in [0.2, 0.25) is 0 Å². The Labute approximate surface area is 214 Å². The lowest BCUT2D eigenvalue weighted by atomic mass is 10.1. The smallest absolute Gasteiger partial charge is 0.341 e. The van der Waals surface area contributed by atoms with Gasteiger partial charge in [0.05, 0.1) is 24.2 Å². The maximum absolute atomic E-state index is 13.5. The van der Waals surface area contributed by atoms with Crippen LogP contribution in [0.15, 0.2) is 58.4 Å². The van der Waals surface area contributed by atoms with Crippen molar-refractivity contribution in [2.24, 2.45) is 10.9 Å². The van der Waals surface area contributed by atoms with Crippen LogP contribution in [-0.4, -0.2) is 39.0 Å². The molecule has 0 aliphatic carbocycles. The van der Waals surface area contributed by atoms with Gasteiger partial charge in [0, 0.05) is 12.7 Å². The lowest BCUT2D eigenvalue weighted by molar-refractivity contribution is 0.0523. The third-order valence-electron chi connectivity index (χ3n) is 5.77. The minimum absolute atomic E-state index is 0.0174. The van der Waals surface area contributed by atoms with Gasteiger partial charge in [-0.3, -0.25) is 14.0 Å². The fourth-order valence-corrected chi connectivity index (χ4v) is 4.19. The number of hydrogen-bond donors (Lipinski definition) is 0. The van der Waals surface area contributed by atoms with Gasteiger partial charge in [0.15, 0.2) is 5.49 Å². The number of carbonyl (C=O) groups is 2. The second-order valence-corrected chi connectivity index (χ2v) is 8.99. The number of benzene rings is 1. The number of amides is 1. The highest BCUT2D eigenvalue weighted by atomic mass is 16.5. The summed E-state index contributed by atoms with van der Waals surface area (Å²) in [6, 6.07) is 11.9. The number of fused-ring (bicyclic) bond motifs is 2. The molecule has 0 atom stereocenters. The molecule has 0 radical (unpaired) electrons. The van der Waals surface area contributed by atoms with Crippen LogP contribution in [0.1, 0.15) is 54.0 Å². The molecular formula is C28H30N4O5. The van der Waals surface area contributed by atoms with Crippen LogP contribution < -0.4 is 15.8 Å². The summed E-state index contributed by atoms with van der Waals surface area (Å²) in [6.45, 7) is 10.2. The molecule has 0 saturated carbocycles. The number of ether oxygens (including phenoxy) is 2. The fourth-order valence-electron chi connectivity index (χ4n) is 4.19. The maximum atomic E-state index is 13.5. The molecule has 0 fully saturated rings. The van der Waals surface area contributed by atoms with E-state index in [0.717, 1.165) is 5.56 Å². The largest absolute Gasteiger partial charge is 0.493 e. The van der Waals surface area contributed by atoms with Crippen molar-refractivity contribution in [2.75, 3.05) is 13.2 Å². The molecule has 0 bridgehead atoms. The number of rotatable bonds is 7. The number of hydrogen-bond acceptors (Lipinski definition) is 6. The zero-order valence-electron chi connectivity index (χ0n) is 21.6. The molecule has 192 valence electrons. The first-order valence-electron chi connectivity index (χ1n) is 12.3. The third kappa shape index (κ3) is 5.02. The number of carbonyl (C=O) groups excluding carboxylic acids is 2. The lowest BCUT2D eigenvalue weighted by Gasteiger charge is -2.17. The number of aromatic nitrogens is 3. The minimum Gasteiger partial charge on any atom is -0.493 e. The number of para-hydroxylation sites is 1. The standard InChI is InChI=1S/C28H30N4O5/c1-6-36-22-13-9-8-12-19(22)26(33)30-25-21(28(35)37-7-2)15-20-24(32(25)16-17(3)4)29-23-18(5)11-10-14-31(23)27(20)34/h8-15,17H,6-7,16H2,1-5H3. The second kappa shape index (κ2) is 10.8. The molecule has 9 nitrogen and oxygen atoms in total. The van der Waals surface area contributed by atoms with E-state index in [9.17, 15) is 14.4 Å². The van der Waals surface area contributed by atoms with Gasteiger partial charge in [0.2, 0.25) is 0 Å². The SMILES string of the molecule is CCOC(=O)c1cc2c(=O)n3cccc(C)c3nc2n(CC(C)C)c1=NC(=O)c1ccccc1OCC. The van der Waals surface area contributed by atoms with Gasteiger partial charge in [-0.1, -0.05) is 32.0 Å². The Balaban J connectivity index is 2.14. The van der Waals surface area contributed by atoms with E-state index in [1.165, 1.54) is 10.5 Å². The van der Waals surface area contributed by atoms with Gasteiger partial charge in [0.25, 0.3) is 11.5 Å². The Morgan fingerprint density at radius 3 is 2.49 bits per heavy atom. The number of esters is 1. The molecular weight excluding hydrogens is 472 g/mol. The van der Waals surface area contributed by atoms with Crippen molar-refractivity contribution in [1.29, 1.82) is 0 Å². The van der Waals surface area contributed by atoms with E-state index < -0.39 is 11.9 Å². The Morgan fingerprint density at radius 2 is 1.78 bits per heavy atom. The Hall–Kier alpha value is -4.27. The molecule has 0 unspecified atom stereocenters. The zero-order valence-corrected chi connectivity index (χ0v) is 21.6. The molecule has 0 aliphatic heterocycles. The average Bonchev–Trinajstić information content (AvgIpc) is 2.86. The zero-order chi connectivity index (χ0) is 26.7. The van der Waals surface area contributed by atoms with Gasteiger partial charge < -0.3 is 14.0 Å². The molecule has 1 aromatic carbocycles. The molecule has 1 amide bonds. The van der Waals surface area contributed by atoms with E-state index in [4.69, 9.17) is 14.5 Å². The van der Waals surface area contributed by atoms with Crippen molar-refractivity contribution in [1.82, 2.24) is 14.0 Å². The summed E-state index contributed by atoms with van der Waals surface area (Å²) >= 11 is 0. The minimum atomic E-state index is -0.680. The number of aryl methyl sites for hydroxylation is 1. The van der Waals surface area contributed by atoms with Crippen LogP contribution in [0.5, 0.6) is 5.75 Å². The van der Waals surface area contributed by atoms with Gasteiger partial charge in [-0.05, 0) is 56.5 Å². The molecule has 3 heterocycles. The van der Waals surface area contributed by atoms with E-state index in [1.54, 1.807) is 48.0 Å². The second-order valence-electron chi connectivity index (χ2n) is 8.99. The Kier molecular flexibility index (Phi) is 7.52. The van der Waals surface area contributed by atoms with Crippen molar-refractivity contribution in [3.63, 3.8) is 0 Å². The lowest BCUT2D eigenvalue weighted by Crippen LogP contribution is -2.34. The molecule has 0 aliphatic rings. The van der Waals surface area contributed by atoms with Crippen LogP contribution in [0.3, 0.4) is 0 Å². The quantitative estimate of drug-likeness (QED) is 0.280. The monoisotopic (exact) mass is 502 g/mol. The molecule has 4 aromatic rings. The summed E-state index contributed by atoms with van der Waals surface area (Å²) in [6.07, 6.45) is 1.64. The van der Waals surface area contributed by atoms with Gasteiger partial charge in [-0.2, -0.15) is 4.99 Å². The highest BCUT2D eigenvalue weighted by Crippen LogP contribution is 2.19. The maximum Gasteiger partial charge on any atom is 0.341 e. The van der Waals surface area contributed by atoms with Crippen LogP contribution in [0.25, 0.3) is 16.7 Å². The normalized spacial score (nSPS) is 11.9. The van der Waals surface area contributed by atoms with Crippen LogP contribution >= 0.6 is 0 Å². The van der Waals surface area contributed by atoms with Crippen molar-refractivity contribution in [2.45, 2.75) is 41.2 Å². The molecule has 9 heteroatoms. The van der Waals surface area contributed by atoms with E-state index >= 15 is 0 Å². The van der Waals surface area contributed by atoms with Crippen LogP contribution in [0, 0.1) is 12.8 Å². The first-order valence-corrected chi connectivity index (χ1v) is 12.3. The topological polar surface area (TPSA) is 104 Å². The number of pyridine rings is 2. The molecule has 4 rings (SSSR count). The van der Waals surface area contributed by atoms with Crippen molar-refractivity contribution in [3.8, 4) is 5.75 Å². The predicted octanol–water partition coefficient (Wildman–Crippen LogP) is 3.93. The van der Waals surface area contributed by atoms with E-state index in [-0.39, 0.29) is 40.1 Å². The summed E-state index contributed by atoms with van der Waals surface area (Å²) in [5.74, 6) is -0.784.